The summed E-state index contributed by atoms with van der Waals surface area (Å²) in [6.45, 7) is 8.92. The molecule has 0 aromatic carbocycles. The Kier molecular flexibility index (Phi) is 5.73. The smallest absolute Gasteiger partial charge is 0.255 e. The van der Waals surface area contributed by atoms with Gasteiger partial charge in [0.05, 0.1) is 11.8 Å². The summed E-state index contributed by atoms with van der Waals surface area (Å²) in [5.41, 5.74) is 0.664. The lowest BCUT2D eigenvalue weighted by Crippen LogP contribution is -2.46. The molecule has 128 valence electrons. The Bertz CT molecular complexity index is 500. The third-order valence-electron chi connectivity index (χ3n) is 5.21. The maximum absolute atomic E-state index is 12.2. The van der Waals surface area contributed by atoms with Crippen molar-refractivity contribution in [3.05, 3.63) is 23.7 Å². The highest BCUT2D eigenvalue weighted by atomic mass is 16.3. The standard InChI is InChI=1S/C18H29N3O2/c1-15-17(7-14-23-15)18(22)19-16-5-10-21(11-6-16)13-12-20-8-3-2-4-9-20/h7,14,16H,2-6,8-13H2,1H3,(H,19,22). The molecule has 2 aliphatic rings. The molecule has 5 heteroatoms. The Morgan fingerprint density at radius 1 is 1.13 bits per heavy atom. The van der Waals surface area contributed by atoms with E-state index in [1.54, 1.807) is 12.3 Å². The van der Waals surface area contributed by atoms with Gasteiger partial charge in [-0.2, -0.15) is 0 Å². The Morgan fingerprint density at radius 3 is 2.39 bits per heavy atom. The van der Waals surface area contributed by atoms with E-state index in [0.717, 1.165) is 25.9 Å². The van der Waals surface area contributed by atoms with Crippen LogP contribution < -0.4 is 5.32 Å². The SMILES string of the molecule is Cc1occc1C(=O)NC1CCN(CCN2CCCCC2)CC1. The number of carbonyl (C=O) groups excluding carboxylic acids is 1. The average Bonchev–Trinajstić information content (AvgIpc) is 3.01. The van der Waals surface area contributed by atoms with Gasteiger partial charge in [0, 0.05) is 32.2 Å². The van der Waals surface area contributed by atoms with Gasteiger partial charge in [0.25, 0.3) is 5.91 Å². The van der Waals surface area contributed by atoms with Crippen molar-refractivity contribution in [2.75, 3.05) is 39.3 Å². The molecule has 0 aliphatic carbocycles. The number of hydrogen-bond acceptors (Lipinski definition) is 4. The van der Waals surface area contributed by atoms with Crippen molar-refractivity contribution in [3.63, 3.8) is 0 Å². The minimum atomic E-state index is 0.00279. The van der Waals surface area contributed by atoms with Gasteiger partial charge < -0.3 is 19.5 Å². The number of aryl methyl sites for hydroxylation is 1. The lowest BCUT2D eigenvalue weighted by atomic mass is 10.0. The number of likely N-dealkylation sites (tertiary alicyclic amines) is 2. The first-order valence-electron chi connectivity index (χ1n) is 9.02. The van der Waals surface area contributed by atoms with Crippen molar-refractivity contribution in [2.24, 2.45) is 0 Å². The number of piperidine rings is 2. The molecule has 1 aromatic heterocycles. The summed E-state index contributed by atoms with van der Waals surface area (Å²) >= 11 is 0. The Balaban J connectivity index is 1.36. The number of rotatable bonds is 5. The molecule has 0 saturated carbocycles. The molecule has 0 atom stereocenters. The van der Waals surface area contributed by atoms with Crippen molar-refractivity contribution >= 4 is 5.91 Å². The topological polar surface area (TPSA) is 48.7 Å². The number of furan rings is 1. The van der Waals surface area contributed by atoms with E-state index in [2.05, 4.69) is 15.1 Å². The van der Waals surface area contributed by atoms with Crippen LogP contribution in [0.1, 0.15) is 48.2 Å². The lowest BCUT2D eigenvalue weighted by molar-refractivity contribution is 0.0903. The van der Waals surface area contributed by atoms with Crippen LogP contribution in [0, 0.1) is 6.92 Å². The predicted molar refractivity (Wildman–Crippen MR) is 90.7 cm³/mol. The van der Waals surface area contributed by atoms with Crippen LogP contribution in [0.2, 0.25) is 0 Å². The minimum Gasteiger partial charge on any atom is -0.469 e. The molecule has 0 radical (unpaired) electrons. The zero-order valence-corrected chi connectivity index (χ0v) is 14.2. The van der Waals surface area contributed by atoms with Crippen LogP contribution in [-0.2, 0) is 0 Å². The molecule has 0 spiro atoms. The predicted octanol–water partition coefficient (Wildman–Crippen LogP) is 2.27. The molecule has 2 saturated heterocycles. The van der Waals surface area contributed by atoms with E-state index >= 15 is 0 Å². The largest absolute Gasteiger partial charge is 0.469 e. The molecule has 0 bridgehead atoms. The van der Waals surface area contributed by atoms with Crippen LogP contribution in [0.15, 0.2) is 16.7 Å². The van der Waals surface area contributed by atoms with Gasteiger partial charge in [-0.1, -0.05) is 6.42 Å². The van der Waals surface area contributed by atoms with E-state index in [1.807, 2.05) is 6.92 Å². The summed E-state index contributed by atoms with van der Waals surface area (Å²) in [7, 11) is 0. The first-order valence-corrected chi connectivity index (χ1v) is 9.02. The van der Waals surface area contributed by atoms with Gasteiger partial charge in [-0.25, -0.2) is 0 Å². The van der Waals surface area contributed by atoms with Crippen LogP contribution in [0.5, 0.6) is 0 Å². The first kappa shape index (κ1) is 16.5. The lowest BCUT2D eigenvalue weighted by Gasteiger charge is -2.34. The highest BCUT2D eigenvalue weighted by Gasteiger charge is 2.22. The second kappa shape index (κ2) is 7.97. The summed E-state index contributed by atoms with van der Waals surface area (Å²) < 4.78 is 5.21. The quantitative estimate of drug-likeness (QED) is 0.904. The van der Waals surface area contributed by atoms with Gasteiger partial charge in [0.15, 0.2) is 0 Å². The third kappa shape index (κ3) is 4.58. The Hall–Kier alpha value is -1.33. The normalized spacial score (nSPS) is 21.4. The molecule has 2 fully saturated rings. The van der Waals surface area contributed by atoms with Crippen LogP contribution in [0.3, 0.4) is 0 Å². The van der Waals surface area contributed by atoms with Crippen LogP contribution in [0.4, 0.5) is 0 Å². The Morgan fingerprint density at radius 2 is 1.78 bits per heavy atom. The highest BCUT2D eigenvalue weighted by Crippen LogP contribution is 2.14. The third-order valence-corrected chi connectivity index (χ3v) is 5.21. The summed E-state index contributed by atoms with van der Waals surface area (Å²) in [6, 6.07) is 2.04. The van der Waals surface area contributed by atoms with Crippen molar-refractivity contribution in [1.29, 1.82) is 0 Å². The average molecular weight is 319 g/mol. The molecule has 2 aliphatic heterocycles. The van der Waals surface area contributed by atoms with Gasteiger partial charge in [-0.15, -0.1) is 0 Å². The number of nitrogens with zero attached hydrogens (tertiary/aromatic N) is 2. The molecular weight excluding hydrogens is 290 g/mol. The summed E-state index contributed by atoms with van der Waals surface area (Å²) in [4.78, 5) is 17.4. The Labute approximate surface area is 139 Å². The summed E-state index contributed by atoms with van der Waals surface area (Å²) in [5.74, 6) is 0.699. The fraction of sp³-hybridized carbons (Fsp3) is 0.722. The molecular formula is C18H29N3O2. The molecule has 3 rings (SSSR count). The van der Waals surface area contributed by atoms with Crippen LogP contribution in [0.25, 0.3) is 0 Å². The van der Waals surface area contributed by atoms with Gasteiger partial charge >= 0.3 is 0 Å². The van der Waals surface area contributed by atoms with E-state index in [-0.39, 0.29) is 5.91 Å². The second-order valence-electron chi connectivity index (χ2n) is 6.88. The zero-order chi connectivity index (χ0) is 16.1. The van der Waals surface area contributed by atoms with E-state index < -0.39 is 0 Å². The van der Waals surface area contributed by atoms with Gasteiger partial charge in [0.1, 0.15) is 5.76 Å². The number of nitrogens with one attached hydrogen (secondary N) is 1. The van der Waals surface area contributed by atoms with Crippen LogP contribution >= 0.6 is 0 Å². The van der Waals surface area contributed by atoms with Gasteiger partial charge in [-0.05, 0) is 51.8 Å². The highest BCUT2D eigenvalue weighted by molar-refractivity contribution is 5.95. The van der Waals surface area contributed by atoms with Crippen molar-refractivity contribution in [1.82, 2.24) is 15.1 Å². The van der Waals surface area contributed by atoms with Crippen molar-refractivity contribution in [2.45, 2.75) is 45.1 Å². The zero-order valence-electron chi connectivity index (χ0n) is 14.2. The maximum Gasteiger partial charge on any atom is 0.255 e. The molecule has 23 heavy (non-hydrogen) atoms. The van der Waals surface area contributed by atoms with Gasteiger partial charge in [-0.3, -0.25) is 4.79 Å². The van der Waals surface area contributed by atoms with Crippen molar-refractivity contribution in [3.8, 4) is 0 Å². The monoisotopic (exact) mass is 319 g/mol. The molecule has 0 unspecified atom stereocenters. The molecule has 1 N–H and O–H groups in total. The maximum atomic E-state index is 12.2. The first-order chi connectivity index (χ1) is 11.2. The minimum absolute atomic E-state index is 0.00279. The molecule has 1 amide bonds. The molecule has 5 nitrogen and oxygen atoms in total. The fourth-order valence-corrected chi connectivity index (χ4v) is 3.65. The second-order valence-corrected chi connectivity index (χ2v) is 6.88. The fourth-order valence-electron chi connectivity index (χ4n) is 3.65. The molecule has 1 aromatic rings. The van der Waals surface area contributed by atoms with E-state index in [9.17, 15) is 4.79 Å². The van der Waals surface area contributed by atoms with Crippen LogP contribution in [-0.4, -0.2) is 61.0 Å². The number of hydrogen-bond donors (Lipinski definition) is 1. The van der Waals surface area contributed by atoms with Gasteiger partial charge in [0.2, 0.25) is 0 Å². The van der Waals surface area contributed by atoms with E-state index in [4.69, 9.17) is 4.42 Å². The number of carbonyl (C=O) groups is 1. The van der Waals surface area contributed by atoms with E-state index in [0.29, 0.717) is 17.4 Å². The van der Waals surface area contributed by atoms with Crippen molar-refractivity contribution < 1.29 is 9.21 Å². The summed E-state index contributed by atoms with van der Waals surface area (Å²) in [5, 5.41) is 3.15. The molecule has 3 heterocycles. The summed E-state index contributed by atoms with van der Waals surface area (Å²) in [6.07, 6.45) is 7.79. The van der Waals surface area contributed by atoms with E-state index in [1.165, 1.54) is 45.4 Å². The number of amides is 1.